The smallest absolute Gasteiger partial charge is 0.366 e. The maximum Gasteiger partial charge on any atom is 0.435 e. The van der Waals surface area contributed by atoms with Crippen LogP contribution in [0.4, 0.5) is 13.2 Å². The number of Topliss-reactive ketones (excluding diaryl/α,β-unsaturated/α-hetero) is 1. The summed E-state index contributed by atoms with van der Waals surface area (Å²) >= 11 is 0. The van der Waals surface area contributed by atoms with E-state index in [0.717, 1.165) is 12.8 Å². The number of halogens is 3. The van der Waals surface area contributed by atoms with Crippen molar-refractivity contribution in [2.24, 2.45) is 17.1 Å². The number of carbonyl (C=O) groups is 2. The summed E-state index contributed by atoms with van der Waals surface area (Å²) in [5, 5.41) is 3.84. The summed E-state index contributed by atoms with van der Waals surface area (Å²) in [5.74, 6) is -0.815. The molecule has 0 radical (unpaired) electrons. The van der Waals surface area contributed by atoms with Gasteiger partial charge in [-0.3, -0.25) is 9.59 Å². The fourth-order valence-electron chi connectivity index (χ4n) is 4.63. The van der Waals surface area contributed by atoms with Crippen molar-refractivity contribution in [1.29, 1.82) is 0 Å². The second-order valence-corrected chi connectivity index (χ2v) is 9.24. The van der Waals surface area contributed by atoms with E-state index in [1.54, 1.807) is 6.07 Å². The number of hydrogen-bond acceptors (Lipinski definition) is 3. The largest absolute Gasteiger partial charge is 0.435 e. The number of allylic oxidation sites excluding steroid dienone is 2. The van der Waals surface area contributed by atoms with Gasteiger partial charge in [0.05, 0.1) is 16.9 Å². The second-order valence-electron chi connectivity index (χ2n) is 9.24. The van der Waals surface area contributed by atoms with Crippen LogP contribution in [0, 0.1) is 11.3 Å². The molecule has 0 atom stereocenters. The molecule has 4 rings (SSSR count). The molecule has 0 bridgehead atoms. The lowest BCUT2D eigenvalue weighted by molar-refractivity contribution is -0.141. The second kappa shape index (κ2) is 7.35. The number of fused-ring (bicyclic) bond motifs is 1. The van der Waals surface area contributed by atoms with Gasteiger partial charge in [-0.05, 0) is 60.8 Å². The molecule has 2 aromatic rings. The molecule has 164 valence electrons. The molecule has 1 heterocycles. The van der Waals surface area contributed by atoms with Crippen molar-refractivity contribution >= 4 is 11.7 Å². The van der Waals surface area contributed by atoms with Crippen molar-refractivity contribution in [3.05, 3.63) is 58.4 Å². The lowest BCUT2D eigenvalue weighted by atomic mass is 9.75. The molecule has 0 saturated heterocycles. The SMILES string of the molecule is CC1(C)CC(=O)c2c(C(F)(F)F)nn(-c3ccc(C(N)=O)c(CC4CC=CC4)c3)c2C1. The number of rotatable bonds is 4. The Morgan fingerprint density at radius 1 is 1.23 bits per heavy atom. The molecular formula is C23H24F3N3O2. The van der Waals surface area contributed by atoms with Crippen LogP contribution in [-0.4, -0.2) is 21.5 Å². The molecule has 1 aromatic heterocycles. The number of alkyl halides is 3. The Labute approximate surface area is 178 Å². The van der Waals surface area contributed by atoms with Crippen molar-refractivity contribution < 1.29 is 22.8 Å². The summed E-state index contributed by atoms with van der Waals surface area (Å²) in [6, 6.07) is 4.75. The molecule has 2 aliphatic rings. The van der Waals surface area contributed by atoms with E-state index in [1.165, 1.54) is 16.8 Å². The van der Waals surface area contributed by atoms with E-state index in [2.05, 4.69) is 17.3 Å². The summed E-state index contributed by atoms with van der Waals surface area (Å²) in [7, 11) is 0. The van der Waals surface area contributed by atoms with Gasteiger partial charge in [-0.15, -0.1) is 0 Å². The number of nitrogens with two attached hydrogens (primary N) is 1. The van der Waals surface area contributed by atoms with Gasteiger partial charge in [0.2, 0.25) is 5.91 Å². The van der Waals surface area contributed by atoms with Gasteiger partial charge in [0.25, 0.3) is 0 Å². The zero-order valence-electron chi connectivity index (χ0n) is 17.4. The van der Waals surface area contributed by atoms with Gasteiger partial charge in [0.1, 0.15) is 0 Å². The molecule has 8 heteroatoms. The molecule has 5 nitrogen and oxygen atoms in total. The molecule has 31 heavy (non-hydrogen) atoms. The van der Waals surface area contributed by atoms with Gasteiger partial charge in [-0.25, -0.2) is 4.68 Å². The van der Waals surface area contributed by atoms with Gasteiger partial charge < -0.3 is 5.73 Å². The normalized spacial score (nSPS) is 18.4. The van der Waals surface area contributed by atoms with Crippen molar-refractivity contribution in [3.63, 3.8) is 0 Å². The zero-order valence-corrected chi connectivity index (χ0v) is 17.4. The Bertz CT molecular complexity index is 1090. The maximum atomic E-state index is 13.7. The highest BCUT2D eigenvalue weighted by Gasteiger charge is 2.45. The summed E-state index contributed by atoms with van der Waals surface area (Å²) in [6.07, 6.45) is 2.07. The standard InChI is InChI=1S/C23H24F3N3O2/c1-22(2)11-17-19(18(30)12-22)20(23(24,25)26)28-29(17)15-7-8-16(21(27)31)14(10-15)9-13-5-3-4-6-13/h3-4,7-8,10,13H,5-6,9,11-12H2,1-2H3,(H2,27,31). The quantitative estimate of drug-likeness (QED) is 0.716. The van der Waals surface area contributed by atoms with Crippen LogP contribution in [0.3, 0.4) is 0 Å². The molecular weight excluding hydrogens is 407 g/mol. The minimum absolute atomic E-state index is 0.0370. The van der Waals surface area contributed by atoms with Crippen molar-refractivity contribution in [1.82, 2.24) is 9.78 Å². The number of ketones is 1. The highest BCUT2D eigenvalue weighted by molar-refractivity contribution is 6.00. The van der Waals surface area contributed by atoms with E-state index in [-0.39, 0.29) is 24.1 Å². The predicted octanol–water partition coefficient (Wildman–Crippen LogP) is 4.65. The average Bonchev–Trinajstić information content (AvgIpc) is 3.27. The summed E-state index contributed by atoms with van der Waals surface area (Å²) in [6.45, 7) is 3.71. The lowest BCUT2D eigenvalue weighted by Crippen LogP contribution is -2.29. The number of amides is 1. The van der Waals surface area contributed by atoms with Gasteiger partial charge in [-0.1, -0.05) is 26.0 Å². The molecule has 1 amide bonds. The van der Waals surface area contributed by atoms with Crippen LogP contribution in [0.25, 0.3) is 5.69 Å². The number of aromatic nitrogens is 2. The molecule has 1 aromatic carbocycles. The Morgan fingerprint density at radius 3 is 2.52 bits per heavy atom. The number of carbonyl (C=O) groups excluding carboxylic acids is 2. The molecule has 2 N–H and O–H groups in total. The predicted molar refractivity (Wildman–Crippen MR) is 109 cm³/mol. The third-order valence-corrected chi connectivity index (χ3v) is 6.03. The summed E-state index contributed by atoms with van der Waals surface area (Å²) in [5.41, 5.74) is 5.25. The average molecular weight is 431 g/mol. The van der Waals surface area contributed by atoms with Crippen LogP contribution < -0.4 is 5.73 Å². The Balaban J connectivity index is 1.86. The minimum Gasteiger partial charge on any atom is -0.366 e. The first-order valence-corrected chi connectivity index (χ1v) is 10.3. The van der Waals surface area contributed by atoms with Crippen LogP contribution in [0.1, 0.15) is 70.8 Å². The van der Waals surface area contributed by atoms with E-state index in [4.69, 9.17) is 5.73 Å². The van der Waals surface area contributed by atoms with Crippen LogP contribution in [0.2, 0.25) is 0 Å². The van der Waals surface area contributed by atoms with Crippen LogP contribution in [0.15, 0.2) is 30.4 Å². The Kier molecular flexibility index (Phi) is 5.06. The topological polar surface area (TPSA) is 78.0 Å². The first kappa shape index (κ1) is 21.3. The Hall–Kier alpha value is -2.90. The van der Waals surface area contributed by atoms with E-state index in [9.17, 15) is 22.8 Å². The minimum atomic E-state index is -4.74. The van der Waals surface area contributed by atoms with E-state index in [0.29, 0.717) is 29.2 Å². The molecule has 0 spiro atoms. The van der Waals surface area contributed by atoms with E-state index < -0.39 is 29.0 Å². The van der Waals surface area contributed by atoms with Crippen molar-refractivity contribution in [2.75, 3.05) is 0 Å². The van der Waals surface area contributed by atoms with Crippen LogP contribution in [-0.2, 0) is 19.0 Å². The van der Waals surface area contributed by atoms with Gasteiger partial charge in [0, 0.05) is 12.0 Å². The third-order valence-electron chi connectivity index (χ3n) is 6.03. The third kappa shape index (κ3) is 4.03. The van der Waals surface area contributed by atoms with Crippen molar-refractivity contribution in [2.45, 2.75) is 52.1 Å². The fraction of sp³-hybridized carbons (Fsp3) is 0.435. The summed E-state index contributed by atoms with van der Waals surface area (Å²) in [4.78, 5) is 24.6. The van der Waals surface area contributed by atoms with Crippen LogP contribution in [0.5, 0.6) is 0 Å². The molecule has 2 aliphatic carbocycles. The monoisotopic (exact) mass is 431 g/mol. The van der Waals surface area contributed by atoms with Crippen molar-refractivity contribution in [3.8, 4) is 5.69 Å². The van der Waals surface area contributed by atoms with Gasteiger partial charge in [-0.2, -0.15) is 18.3 Å². The zero-order chi connectivity index (χ0) is 22.6. The molecule has 0 aliphatic heterocycles. The van der Waals surface area contributed by atoms with Gasteiger partial charge in [0.15, 0.2) is 11.5 Å². The number of benzene rings is 1. The highest BCUT2D eigenvalue weighted by Crippen LogP contribution is 2.42. The molecule has 0 saturated carbocycles. The first-order valence-electron chi connectivity index (χ1n) is 10.3. The first-order chi connectivity index (χ1) is 14.5. The van der Waals surface area contributed by atoms with E-state index in [1.807, 2.05) is 13.8 Å². The summed E-state index contributed by atoms with van der Waals surface area (Å²) < 4.78 is 42.3. The number of hydrogen-bond donors (Lipinski definition) is 1. The van der Waals surface area contributed by atoms with Gasteiger partial charge >= 0.3 is 6.18 Å². The highest BCUT2D eigenvalue weighted by atomic mass is 19.4. The van der Waals surface area contributed by atoms with Crippen LogP contribution >= 0.6 is 0 Å². The fourth-order valence-corrected chi connectivity index (χ4v) is 4.63. The molecule has 0 fully saturated rings. The Morgan fingerprint density at radius 2 is 1.90 bits per heavy atom. The lowest BCUT2D eigenvalue weighted by Gasteiger charge is -2.29. The maximum absolute atomic E-state index is 13.7. The number of nitrogens with zero attached hydrogens (tertiary/aromatic N) is 2. The van der Waals surface area contributed by atoms with E-state index >= 15 is 0 Å². The number of primary amides is 1. The molecule has 0 unspecified atom stereocenters.